The van der Waals surface area contributed by atoms with Gasteiger partial charge in [-0.15, -0.1) is 16.8 Å². The molecule has 1 heterocycles. The molecule has 6 nitrogen and oxygen atoms in total. The van der Waals surface area contributed by atoms with Gasteiger partial charge in [0.2, 0.25) is 5.91 Å². The van der Waals surface area contributed by atoms with Crippen molar-refractivity contribution in [2.45, 2.75) is 5.16 Å². The summed E-state index contributed by atoms with van der Waals surface area (Å²) in [5.74, 6) is 1.78. The number of aromatic nitrogens is 3. The molecule has 0 atom stereocenters. The molecular weight excluding hydrogens is 300 g/mol. The quantitative estimate of drug-likeness (QED) is 0.623. The van der Waals surface area contributed by atoms with E-state index in [1.165, 1.54) is 11.8 Å². The molecular formula is C15H18N4O2S. The smallest absolute Gasteiger partial charge is 0.230 e. The van der Waals surface area contributed by atoms with Crippen LogP contribution in [0.3, 0.4) is 0 Å². The van der Waals surface area contributed by atoms with E-state index in [9.17, 15) is 4.79 Å². The van der Waals surface area contributed by atoms with Gasteiger partial charge in [-0.2, -0.15) is 0 Å². The molecule has 2 aromatic rings. The van der Waals surface area contributed by atoms with Crippen molar-refractivity contribution in [3.8, 4) is 17.1 Å². The standard InChI is InChI=1S/C15H18N4O2S/c1-4-9-16-13(20)10-22-15-18-17-14(19(15)2)11-5-7-12(21-3)8-6-11/h4-8H,1,9-10H2,2-3H3,(H,16,20). The van der Waals surface area contributed by atoms with E-state index in [0.717, 1.165) is 17.1 Å². The maximum Gasteiger partial charge on any atom is 0.230 e. The normalized spacial score (nSPS) is 10.3. The Labute approximate surface area is 133 Å². The van der Waals surface area contributed by atoms with Gasteiger partial charge in [0.05, 0.1) is 12.9 Å². The van der Waals surface area contributed by atoms with Crippen LogP contribution in [0.5, 0.6) is 5.75 Å². The molecule has 0 bridgehead atoms. The number of thioether (sulfide) groups is 1. The van der Waals surface area contributed by atoms with Crippen LogP contribution in [0.25, 0.3) is 11.4 Å². The number of hydrogen-bond donors (Lipinski definition) is 1. The third-order valence-electron chi connectivity index (χ3n) is 2.96. The van der Waals surface area contributed by atoms with Gasteiger partial charge in [-0.3, -0.25) is 4.79 Å². The number of carbonyl (C=O) groups excluding carboxylic acids is 1. The van der Waals surface area contributed by atoms with Crippen LogP contribution in [-0.4, -0.2) is 40.1 Å². The first-order valence-electron chi connectivity index (χ1n) is 6.70. The van der Waals surface area contributed by atoms with E-state index in [-0.39, 0.29) is 5.91 Å². The average molecular weight is 318 g/mol. The van der Waals surface area contributed by atoms with Crippen LogP contribution in [0.1, 0.15) is 0 Å². The minimum absolute atomic E-state index is 0.0566. The van der Waals surface area contributed by atoms with E-state index >= 15 is 0 Å². The van der Waals surface area contributed by atoms with E-state index in [1.54, 1.807) is 13.2 Å². The number of amides is 1. The van der Waals surface area contributed by atoms with Gasteiger partial charge in [0, 0.05) is 19.2 Å². The Morgan fingerprint density at radius 1 is 1.41 bits per heavy atom. The van der Waals surface area contributed by atoms with Gasteiger partial charge in [-0.05, 0) is 24.3 Å². The molecule has 0 aliphatic heterocycles. The van der Waals surface area contributed by atoms with Gasteiger partial charge in [-0.1, -0.05) is 17.8 Å². The lowest BCUT2D eigenvalue weighted by Crippen LogP contribution is -2.25. The number of nitrogens with one attached hydrogen (secondary N) is 1. The Morgan fingerprint density at radius 2 is 2.14 bits per heavy atom. The monoisotopic (exact) mass is 318 g/mol. The summed E-state index contributed by atoms with van der Waals surface area (Å²) in [4.78, 5) is 11.6. The fraction of sp³-hybridized carbons (Fsp3) is 0.267. The van der Waals surface area contributed by atoms with Crippen LogP contribution < -0.4 is 10.1 Å². The minimum Gasteiger partial charge on any atom is -0.497 e. The summed E-state index contributed by atoms with van der Waals surface area (Å²) in [7, 11) is 3.51. The molecule has 7 heteroatoms. The van der Waals surface area contributed by atoms with Gasteiger partial charge < -0.3 is 14.6 Å². The molecule has 22 heavy (non-hydrogen) atoms. The first-order chi connectivity index (χ1) is 10.7. The second-order valence-corrected chi connectivity index (χ2v) is 5.42. The molecule has 0 saturated carbocycles. The highest BCUT2D eigenvalue weighted by molar-refractivity contribution is 7.99. The predicted octanol–water partition coefficient (Wildman–Crippen LogP) is 1.88. The van der Waals surface area contributed by atoms with Gasteiger partial charge >= 0.3 is 0 Å². The van der Waals surface area contributed by atoms with Crippen LogP contribution in [-0.2, 0) is 11.8 Å². The van der Waals surface area contributed by atoms with E-state index in [4.69, 9.17) is 4.74 Å². The van der Waals surface area contributed by atoms with Gasteiger partial charge in [0.15, 0.2) is 11.0 Å². The molecule has 0 radical (unpaired) electrons. The van der Waals surface area contributed by atoms with Gasteiger partial charge in [0.1, 0.15) is 5.75 Å². The molecule has 0 saturated heterocycles. The summed E-state index contributed by atoms with van der Waals surface area (Å²) >= 11 is 1.35. The van der Waals surface area contributed by atoms with E-state index in [2.05, 4.69) is 22.1 Å². The Morgan fingerprint density at radius 3 is 2.77 bits per heavy atom. The topological polar surface area (TPSA) is 69.0 Å². The van der Waals surface area contributed by atoms with Crippen molar-refractivity contribution < 1.29 is 9.53 Å². The van der Waals surface area contributed by atoms with Crippen molar-refractivity contribution in [2.24, 2.45) is 7.05 Å². The third kappa shape index (κ3) is 3.88. The number of carbonyl (C=O) groups is 1. The number of rotatable bonds is 7. The molecule has 1 N–H and O–H groups in total. The molecule has 0 fully saturated rings. The van der Waals surface area contributed by atoms with Crippen molar-refractivity contribution in [1.29, 1.82) is 0 Å². The fourth-order valence-corrected chi connectivity index (χ4v) is 2.54. The van der Waals surface area contributed by atoms with Crippen LogP contribution in [0.4, 0.5) is 0 Å². The van der Waals surface area contributed by atoms with Crippen molar-refractivity contribution in [1.82, 2.24) is 20.1 Å². The average Bonchev–Trinajstić information content (AvgIpc) is 2.92. The summed E-state index contributed by atoms with van der Waals surface area (Å²) in [6.07, 6.45) is 1.65. The number of ether oxygens (including phenoxy) is 1. The largest absolute Gasteiger partial charge is 0.497 e. The van der Waals surface area contributed by atoms with E-state index in [1.807, 2.05) is 35.9 Å². The first-order valence-corrected chi connectivity index (χ1v) is 7.68. The minimum atomic E-state index is -0.0566. The summed E-state index contributed by atoms with van der Waals surface area (Å²) < 4.78 is 7.01. The van der Waals surface area contributed by atoms with Gasteiger partial charge in [0.25, 0.3) is 0 Å². The molecule has 2 rings (SSSR count). The van der Waals surface area contributed by atoms with Crippen molar-refractivity contribution in [3.05, 3.63) is 36.9 Å². The molecule has 1 amide bonds. The number of hydrogen-bond acceptors (Lipinski definition) is 5. The molecule has 1 aromatic heterocycles. The molecule has 0 aliphatic rings. The summed E-state index contributed by atoms with van der Waals surface area (Å²) in [6.45, 7) is 4.02. The Bertz CT molecular complexity index is 652. The second kappa shape index (κ2) is 7.65. The molecule has 0 spiro atoms. The van der Waals surface area contributed by atoms with Crippen LogP contribution in [0, 0.1) is 0 Å². The highest BCUT2D eigenvalue weighted by atomic mass is 32.2. The SMILES string of the molecule is C=CCNC(=O)CSc1nnc(-c2ccc(OC)cc2)n1C. The zero-order valence-electron chi connectivity index (χ0n) is 12.6. The van der Waals surface area contributed by atoms with Crippen molar-refractivity contribution in [3.63, 3.8) is 0 Å². The zero-order valence-corrected chi connectivity index (χ0v) is 13.4. The highest BCUT2D eigenvalue weighted by Gasteiger charge is 2.12. The molecule has 0 aliphatic carbocycles. The molecule has 1 aromatic carbocycles. The van der Waals surface area contributed by atoms with Crippen LogP contribution >= 0.6 is 11.8 Å². The summed E-state index contributed by atoms with van der Waals surface area (Å²) in [5.41, 5.74) is 0.943. The highest BCUT2D eigenvalue weighted by Crippen LogP contribution is 2.24. The predicted molar refractivity (Wildman–Crippen MR) is 86.9 cm³/mol. The molecule has 0 unspecified atom stereocenters. The maximum absolute atomic E-state index is 11.6. The lowest BCUT2D eigenvalue weighted by molar-refractivity contribution is -0.118. The van der Waals surface area contributed by atoms with E-state index in [0.29, 0.717) is 17.5 Å². The first kappa shape index (κ1) is 16.1. The number of benzene rings is 1. The summed E-state index contributed by atoms with van der Waals surface area (Å²) in [5, 5.41) is 11.7. The van der Waals surface area contributed by atoms with Gasteiger partial charge in [-0.25, -0.2) is 0 Å². The van der Waals surface area contributed by atoms with Crippen molar-refractivity contribution in [2.75, 3.05) is 19.4 Å². The lowest BCUT2D eigenvalue weighted by atomic mass is 10.2. The van der Waals surface area contributed by atoms with Crippen LogP contribution in [0.2, 0.25) is 0 Å². The Balaban J connectivity index is 2.05. The van der Waals surface area contributed by atoms with E-state index < -0.39 is 0 Å². The third-order valence-corrected chi connectivity index (χ3v) is 3.98. The number of nitrogens with zero attached hydrogens (tertiary/aromatic N) is 3. The number of methoxy groups -OCH3 is 1. The Hall–Kier alpha value is -2.28. The fourth-order valence-electron chi connectivity index (χ4n) is 1.80. The summed E-state index contributed by atoms with van der Waals surface area (Å²) in [6, 6.07) is 7.60. The van der Waals surface area contributed by atoms with Crippen molar-refractivity contribution >= 4 is 17.7 Å². The maximum atomic E-state index is 11.6. The zero-order chi connectivity index (χ0) is 15.9. The molecule has 116 valence electrons. The van der Waals surface area contributed by atoms with Crippen LogP contribution in [0.15, 0.2) is 42.1 Å². The lowest BCUT2D eigenvalue weighted by Gasteiger charge is -2.05. The Kier molecular flexibility index (Phi) is 5.60. The second-order valence-electron chi connectivity index (χ2n) is 4.48.